The van der Waals surface area contributed by atoms with E-state index in [2.05, 4.69) is 19.2 Å². The molecule has 1 fully saturated rings. The first-order valence-electron chi connectivity index (χ1n) is 12.1. The van der Waals surface area contributed by atoms with Crippen molar-refractivity contribution in [3.8, 4) is 11.5 Å². The van der Waals surface area contributed by atoms with Crippen molar-refractivity contribution >= 4 is 23.9 Å². The average Bonchev–Trinajstić information content (AvgIpc) is 2.97. The lowest BCUT2D eigenvalue weighted by atomic mass is 9.90. The van der Waals surface area contributed by atoms with E-state index in [1.807, 2.05) is 37.0 Å². The van der Waals surface area contributed by atoms with E-state index in [4.69, 9.17) is 9.47 Å². The van der Waals surface area contributed by atoms with Gasteiger partial charge in [0.1, 0.15) is 5.60 Å². The molecular weight excluding hydrogens is 434 g/mol. The molecule has 8 heteroatoms. The minimum Gasteiger partial charge on any atom is -0.480 e. The lowest BCUT2D eigenvalue weighted by Crippen LogP contribution is -2.46. The van der Waals surface area contributed by atoms with E-state index in [1.165, 1.54) is 0 Å². The fraction of sp³-hybridized carbons (Fsp3) is 0.577. The van der Waals surface area contributed by atoms with E-state index in [0.29, 0.717) is 48.9 Å². The molecule has 4 atom stereocenters. The van der Waals surface area contributed by atoms with Crippen molar-refractivity contribution in [2.75, 3.05) is 18.9 Å². The van der Waals surface area contributed by atoms with Gasteiger partial charge in [-0.2, -0.15) is 0 Å². The SMILES string of the molecule is CC1C[C@H](C)CC(=O)N1CCC(CC1C(=O)Nc2c1ccc1c2OC=CC(C)(C)O1)N(C)C=O. The summed E-state index contributed by atoms with van der Waals surface area (Å²) >= 11 is 0. The smallest absolute Gasteiger partial charge is 0.232 e. The number of nitrogens with one attached hydrogen (secondary N) is 1. The number of carbonyl (C=O) groups excluding carboxylic acids is 3. The molecule has 1 aromatic rings. The van der Waals surface area contributed by atoms with Gasteiger partial charge in [0.05, 0.1) is 17.9 Å². The monoisotopic (exact) mass is 469 g/mol. The maximum Gasteiger partial charge on any atom is 0.232 e. The minimum atomic E-state index is -0.528. The predicted octanol–water partition coefficient (Wildman–Crippen LogP) is 3.67. The van der Waals surface area contributed by atoms with Gasteiger partial charge in [-0.1, -0.05) is 13.0 Å². The van der Waals surface area contributed by atoms with Crippen molar-refractivity contribution in [2.45, 2.75) is 77.0 Å². The molecule has 1 N–H and O–H groups in total. The molecule has 0 bridgehead atoms. The van der Waals surface area contributed by atoms with Gasteiger partial charge < -0.3 is 24.6 Å². The Balaban J connectivity index is 1.53. The number of amides is 3. The van der Waals surface area contributed by atoms with Crippen molar-refractivity contribution < 1.29 is 23.9 Å². The fourth-order valence-electron chi connectivity index (χ4n) is 5.30. The highest BCUT2D eigenvalue weighted by molar-refractivity contribution is 6.05. The number of piperidine rings is 1. The zero-order valence-electron chi connectivity index (χ0n) is 20.7. The second-order valence-corrected chi connectivity index (χ2v) is 10.5. The molecule has 1 saturated heterocycles. The van der Waals surface area contributed by atoms with Gasteiger partial charge >= 0.3 is 0 Å². The predicted molar refractivity (Wildman–Crippen MR) is 129 cm³/mol. The van der Waals surface area contributed by atoms with Crippen molar-refractivity contribution in [1.29, 1.82) is 0 Å². The van der Waals surface area contributed by atoms with Gasteiger partial charge in [-0.05, 0) is 63.7 Å². The highest BCUT2D eigenvalue weighted by atomic mass is 16.5. The molecule has 34 heavy (non-hydrogen) atoms. The first kappa shape index (κ1) is 24.1. The Kier molecular flexibility index (Phi) is 6.60. The van der Waals surface area contributed by atoms with E-state index in [1.54, 1.807) is 18.2 Å². The summed E-state index contributed by atoms with van der Waals surface area (Å²) in [6, 6.07) is 3.73. The number of hydrogen-bond acceptors (Lipinski definition) is 5. The molecule has 0 saturated carbocycles. The summed E-state index contributed by atoms with van der Waals surface area (Å²) in [5.74, 6) is 1.08. The average molecular weight is 470 g/mol. The van der Waals surface area contributed by atoms with Gasteiger partial charge in [0, 0.05) is 32.1 Å². The summed E-state index contributed by atoms with van der Waals surface area (Å²) in [6.07, 6.45) is 6.83. The van der Waals surface area contributed by atoms with Crippen LogP contribution in [0.25, 0.3) is 0 Å². The summed E-state index contributed by atoms with van der Waals surface area (Å²) < 4.78 is 11.9. The van der Waals surface area contributed by atoms with Gasteiger partial charge in [-0.25, -0.2) is 0 Å². The lowest BCUT2D eigenvalue weighted by molar-refractivity contribution is -0.138. The Morgan fingerprint density at radius 3 is 2.76 bits per heavy atom. The molecule has 3 aliphatic heterocycles. The van der Waals surface area contributed by atoms with E-state index in [-0.39, 0.29) is 23.9 Å². The second-order valence-electron chi connectivity index (χ2n) is 10.5. The number of anilines is 1. The third-order valence-electron chi connectivity index (χ3n) is 7.19. The number of benzene rings is 1. The molecule has 3 aliphatic rings. The maximum atomic E-state index is 13.0. The summed E-state index contributed by atoms with van der Waals surface area (Å²) in [4.78, 5) is 40.8. The number of ether oxygens (including phenoxy) is 2. The fourth-order valence-corrected chi connectivity index (χ4v) is 5.30. The minimum absolute atomic E-state index is 0.125. The summed E-state index contributed by atoms with van der Waals surface area (Å²) in [5.41, 5.74) is 0.928. The largest absolute Gasteiger partial charge is 0.480 e. The van der Waals surface area contributed by atoms with Gasteiger partial charge in [0.15, 0.2) is 11.5 Å². The Bertz CT molecular complexity index is 1000. The summed E-state index contributed by atoms with van der Waals surface area (Å²) in [7, 11) is 1.73. The molecular formula is C26H35N3O5. The number of hydrogen-bond donors (Lipinski definition) is 1. The standard InChI is InChI=1S/C26H35N3O5/c1-16-12-17(2)29(22(31)13-16)10-8-18(28(5)15-30)14-20-19-6-7-21-24(23(19)27-25(20)32)33-11-9-26(3,4)34-21/h6-7,9,11,15-18,20H,8,10,12-14H2,1-5H3,(H,27,32)/t16-,17?,18?,20?/m0/s1. The quantitative estimate of drug-likeness (QED) is 0.616. The Morgan fingerprint density at radius 1 is 1.29 bits per heavy atom. The number of rotatable bonds is 7. The molecule has 0 spiro atoms. The molecule has 0 aromatic heterocycles. The van der Waals surface area contributed by atoms with E-state index in [9.17, 15) is 14.4 Å². The maximum absolute atomic E-state index is 13.0. The Morgan fingerprint density at radius 2 is 2.06 bits per heavy atom. The third-order valence-corrected chi connectivity index (χ3v) is 7.19. The van der Waals surface area contributed by atoms with Crippen LogP contribution in [0.1, 0.15) is 64.9 Å². The zero-order chi connectivity index (χ0) is 24.6. The van der Waals surface area contributed by atoms with Crippen LogP contribution in [0.2, 0.25) is 0 Å². The molecule has 0 radical (unpaired) electrons. The summed E-state index contributed by atoms with van der Waals surface area (Å²) in [5, 5.41) is 2.97. The first-order valence-corrected chi connectivity index (χ1v) is 12.1. The molecule has 3 unspecified atom stereocenters. The molecule has 0 aliphatic carbocycles. The molecule has 4 rings (SSSR count). The van der Waals surface area contributed by atoms with Crippen LogP contribution < -0.4 is 14.8 Å². The van der Waals surface area contributed by atoms with Crippen LogP contribution in [-0.4, -0.2) is 59.3 Å². The van der Waals surface area contributed by atoms with E-state index in [0.717, 1.165) is 18.4 Å². The van der Waals surface area contributed by atoms with Crippen LogP contribution in [0, 0.1) is 5.92 Å². The van der Waals surface area contributed by atoms with E-state index < -0.39 is 11.5 Å². The molecule has 3 amide bonds. The van der Waals surface area contributed by atoms with E-state index >= 15 is 0 Å². The number of fused-ring (bicyclic) bond motifs is 3. The van der Waals surface area contributed by atoms with Crippen LogP contribution in [0.15, 0.2) is 24.5 Å². The number of carbonyl (C=O) groups is 3. The lowest BCUT2D eigenvalue weighted by Gasteiger charge is -2.38. The first-order chi connectivity index (χ1) is 16.1. The van der Waals surface area contributed by atoms with Gasteiger partial charge in [-0.15, -0.1) is 0 Å². The van der Waals surface area contributed by atoms with Gasteiger partial charge in [0.25, 0.3) is 0 Å². The third kappa shape index (κ3) is 4.76. The van der Waals surface area contributed by atoms with Crippen LogP contribution in [0.3, 0.4) is 0 Å². The molecule has 3 heterocycles. The molecule has 184 valence electrons. The van der Waals surface area contributed by atoms with Crippen molar-refractivity contribution in [3.05, 3.63) is 30.0 Å². The van der Waals surface area contributed by atoms with Crippen LogP contribution in [0.4, 0.5) is 5.69 Å². The summed E-state index contributed by atoms with van der Waals surface area (Å²) in [6.45, 7) is 8.63. The normalized spacial score (nSPS) is 25.9. The Labute approximate surface area is 201 Å². The number of nitrogens with zero attached hydrogens (tertiary/aromatic N) is 2. The second kappa shape index (κ2) is 9.31. The van der Waals surface area contributed by atoms with Crippen molar-refractivity contribution in [2.24, 2.45) is 5.92 Å². The zero-order valence-corrected chi connectivity index (χ0v) is 20.7. The van der Waals surface area contributed by atoms with Gasteiger partial charge in [-0.3, -0.25) is 14.4 Å². The number of likely N-dealkylation sites (tertiary alicyclic amines) is 1. The molecule has 1 aromatic carbocycles. The highest BCUT2D eigenvalue weighted by Crippen LogP contribution is 2.48. The van der Waals surface area contributed by atoms with Crippen molar-refractivity contribution in [3.63, 3.8) is 0 Å². The van der Waals surface area contributed by atoms with Crippen LogP contribution in [-0.2, 0) is 14.4 Å². The van der Waals surface area contributed by atoms with Crippen LogP contribution in [0.5, 0.6) is 11.5 Å². The van der Waals surface area contributed by atoms with Crippen LogP contribution >= 0.6 is 0 Å². The van der Waals surface area contributed by atoms with Crippen molar-refractivity contribution in [1.82, 2.24) is 9.80 Å². The Hall–Kier alpha value is -3.03. The van der Waals surface area contributed by atoms with Gasteiger partial charge in [0.2, 0.25) is 18.2 Å². The molecule has 8 nitrogen and oxygen atoms in total. The highest BCUT2D eigenvalue weighted by Gasteiger charge is 2.38. The topological polar surface area (TPSA) is 88.2 Å².